The fraction of sp³-hybridized carbons (Fsp3) is 0.0690. The highest BCUT2D eigenvalue weighted by Crippen LogP contribution is 2.27. The van der Waals surface area contributed by atoms with Crippen molar-refractivity contribution in [3.63, 3.8) is 0 Å². The third-order valence-electron chi connectivity index (χ3n) is 5.86. The summed E-state index contributed by atoms with van der Waals surface area (Å²) in [5, 5.41) is 3.35. The molecule has 5 aromatic rings. The predicted octanol–water partition coefficient (Wildman–Crippen LogP) is 5.59. The van der Waals surface area contributed by atoms with Crippen molar-refractivity contribution in [2.45, 2.75) is 13.0 Å². The largest absolute Gasteiger partial charge is 0.322 e. The van der Waals surface area contributed by atoms with Crippen LogP contribution in [-0.4, -0.2) is 15.5 Å². The first kappa shape index (κ1) is 21.3. The molecular formula is C29H23N3O2. The number of carbonyl (C=O) groups is 1. The van der Waals surface area contributed by atoms with E-state index in [4.69, 9.17) is 4.98 Å². The summed E-state index contributed by atoms with van der Waals surface area (Å²) < 4.78 is 1.73. The van der Waals surface area contributed by atoms with E-state index in [0.717, 1.165) is 11.1 Å². The summed E-state index contributed by atoms with van der Waals surface area (Å²) in [7, 11) is 0. The highest BCUT2D eigenvalue weighted by atomic mass is 16.1. The predicted molar refractivity (Wildman–Crippen MR) is 135 cm³/mol. The van der Waals surface area contributed by atoms with Crippen LogP contribution in [0.5, 0.6) is 0 Å². The van der Waals surface area contributed by atoms with Crippen molar-refractivity contribution < 1.29 is 4.79 Å². The second-order valence-corrected chi connectivity index (χ2v) is 8.11. The summed E-state index contributed by atoms with van der Waals surface area (Å²) in [5.41, 5.74) is 3.51. The molecule has 0 atom stereocenters. The van der Waals surface area contributed by atoms with E-state index < -0.39 is 0 Å². The van der Waals surface area contributed by atoms with Crippen molar-refractivity contribution in [3.05, 3.63) is 142 Å². The van der Waals surface area contributed by atoms with Gasteiger partial charge in [0.25, 0.3) is 11.5 Å². The number of nitrogens with zero attached hydrogens (tertiary/aromatic N) is 2. The average molecular weight is 446 g/mol. The lowest BCUT2D eigenvalue weighted by molar-refractivity contribution is 0.102. The third-order valence-corrected chi connectivity index (χ3v) is 5.86. The minimum Gasteiger partial charge on any atom is -0.322 e. The molecule has 0 radical (unpaired) electrons. The van der Waals surface area contributed by atoms with Crippen molar-refractivity contribution in [2.24, 2.45) is 0 Å². The highest BCUT2D eigenvalue weighted by molar-refractivity contribution is 6.06. The molecule has 0 aliphatic heterocycles. The van der Waals surface area contributed by atoms with Gasteiger partial charge < -0.3 is 5.32 Å². The lowest BCUT2D eigenvalue weighted by Crippen LogP contribution is -2.29. The van der Waals surface area contributed by atoms with Gasteiger partial charge >= 0.3 is 0 Å². The molecule has 0 unspecified atom stereocenters. The summed E-state index contributed by atoms with van der Waals surface area (Å²) in [4.78, 5) is 31.2. The van der Waals surface area contributed by atoms with Gasteiger partial charge in [0.2, 0.25) is 0 Å². The van der Waals surface area contributed by atoms with Gasteiger partial charge in [0, 0.05) is 11.3 Å². The Balaban J connectivity index is 1.60. The van der Waals surface area contributed by atoms with Gasteiger partial charge in [-0.25, -0.2) is 4.98 Å². The van der Waals surface area contributed by atoms with Crippen molar-refractivity contribution in [1.29, 1.82) is 0 Å². The molecule has 1 aromatic heterocycles. The normalized spacial score (nSPS) is 11.0. The molecule has 1 heterocycles. The van der Waals surface area contributed by atoms with Crippen molar-refractivity contribution in [2.75, 3.05) is 5.32 Å². The van der Waals surface area contributed by atoms with E-state index in [1.807, 2.05) is 97.9 Å². The quantitative estimate of drug-likeness (QED) is 0.383. The zero-order chi connectivity index (χ0) is 23.5. The highest BCUT2D eigenvalue weighted by Gasteiger charge is 2.21. The Morgan fingerprint density at radius 3 is 1.94 bits per heavy atom. The van der Waals surface area contributed by atoms with Crippen LogP contribution in [0.15, 0.2) is 114 Å². The number of rotatable bonds is 5. The van der Waals surface area contributed by atoms with Gasteiger partial charge in [0.1, 0.15) is 5.82 Å². The molecule has 0 saturated carbocycles. The first-order valence-corrected chi connectivity index (χ1v) is 11.1. The van der Waals surface area contributed by atoms with E-state index in [1.54, 1.807) is 22.8 Å². The molecule has 0 aliphatic rings. The van der Waals surface area contributed by atoms with Gasteiger partial charge in [0.05, 0.1) is 16.9 Å². The van der Waals surface area contributed by atoms with Crippen molar-refractivity contribution in [3.8, 4) is 0 Å². The summed E-state index contributed by atoms with van der Waals surface area (Å²) in [6.07, 6.45) is 0. The summed E-state index contributed by atoms with van der Waals surface area (Å²) in [6, 6.07) is 33.9. The minimum atomic E-state index is -0.312. The Hall–Kier alpha value is -4.51. The van der Waals surface area contributed by atoms with Gasteiger partial charge in [-0.1, -0.05) is 78.9 Å². The van der Waals surface area contributed by atoms with Gasteiger partial charge in [0.15, 0.2) is 0 Å². The molecule has 0 saturated heterocycles. The van der Waals surface area contributed by atoms with E-state index in [2.05, 4.69) is 5.32 Å². The second-order valence-electron chi connectivity index (χ2n) is 8.11. The fourth-order valence-corrected chi connectivity index (χ4v) is 4.24. The number of nitrogens with one attached hydrogen (secondary N) is 1. The van der Waals surface area contributed by atoms with E-state index in [9.17, 15) is 9.59 Å². The maximum absolute atomic E-state index is 13.7. The van der Waals surface area contributed by atoms with Gasteiger partial charge in [-0.2, -0.15) is 0 Å². The molecule has 34 heavy (non-hydrogen) atoms. The van der Waals surface area contributed by atoms with Gasteiger partial charge in [-0.15, -0.1) is 0 Å². The van der Waals surface area contributed by atoms with Crippen LogP contribution in [0.1, 0.15) is 33.4 Å². The molecule has 5 nitrogen and oxygen atoms in total. The monoisotopic (exact) mass is 445 g/mol. The second kappa shape index (κ2) is 9.16. The van der Waals surface area contributed by atoms with E-state index in [-0.39, 0.29) is 17.5 Å². The number of anilines is 1. The number of hydrogen-bond donors (Lipinski definition) is 1. The molecule has 4 aromatic carbocycles. The number of para-hydroxylation sites is 1. The smallest absolute Gasteiger partial charge is 0.262 e. The lowest BCUT2D eigenvalue weighted by Gasteiger charge is -2.23. The number of aromatic nitrogens is 2. The standard InChI is InChI=1S/C29H23N3O2/c1-20-30-26-19-23(28(33)31-24-15-9-4-10-16-24)17-18-25(26)29(34)32(20)27(21-11-5-2-6-12-21)22-13-7-3-8-14-22/h2-19,27H,1H3,(H,31,33). The first-order chi connectivity index (χ1) is 16.6. The third kappa shape index (κ3) is 4.11. The number of carbonyl (C=O) groups excluding carboxylic acids is 1. The molecule has 0 spiro atoms. The number of aryl methyl sites for hydroxylation is 1. The maximum Gasteiger partial charge on any atom is 0.262 e. The molecule has 166 valence electrons. The molecular weight excluding hydrogens is 422 g/mol. The summed E-state index contributed by atoms with van der Waals surface area (Å²) in [6.45, 7) is 1.83. The Morgan fingerprint density at radius 1 is 0.794 bits per heavy atom. The van der Waals surface area contributed by atoms with E-state index in [1.165, 1.54) is 0 Å². The summed E-state index contributed by atoms with van der Waals surface area (Å²) >= 11 is 0. The minimum absolute atomic E-state index is 0.143. The first-order valence-electron chi connectivity index (χ1n) is 11.1. The van der Waals surface area contributed by atoms with Crippen LogP contribution in [0, 0.1) is 6.92 Å². The Kier molecular flexibility index (Phi) is 5.75. The Morgan fingerprint density at radius 2 is 1.35 bits per heavy atom. The number of benzene rings is 4. The van der Waals surface area contributed by atoms with Crippen LogP contribution in [-0.2, 0) is 0 Å². The number of fused-ring (bicyclic) bond motifs is 1. The van der Waals surface area contributed by atoms with Crippen LogP contribution in [0.4, 0.5) is 5.69 Å². The lowest BCUT2D eigenvalue weighted by atomic mass is 9.98. The zero-order valence-electron chi connectivity index (χ0n) is 18.7. The Bertz CT molecular complexity index is 1470. The SMILES string of the molecule is Cc1nc2cc(C(=O)Nc3ccccc3)ccc2c(=O)n1C(c1ccccc1)c1ccccc1. The van der Waals surface area contributed by atoms with Crippen LogP contribution in [0.3, 0.4) is 0 Å². The van der Waals surface area contributed by atoms with Crippen LogP contribution in [0.2, 0.25) is 0 Å². The number of amides is 1. The Labute approximate surface area is 197 Å². The molecule has 0 fully saturated rings. The average Bonchev–Trinajstić information content (AvgIpc) is 2.88. The fourth-order valence-electron chi connectivity index (χ4n) is 4.24. The zero-order valence-corrected chi connectivity index (χ0v) is 18.7. The van der Waals surface area contributed by atoms with Crippen LogP contribution in [0.25, 0.3) is 10.9 Å². The van der Waals surface area contributed by atoms with Crippen LogP contribution < -0.4 is 10.9 Å². The molecule has 5 heteroatoms. The topological polar surface area (TPSA) is 64.0 Å². The van der Waals surface area contributed by atoms with Crippen molar-refractivity contribution in [1.82, 2.24) is 9.55 Å². The van der Waals surface area contributed by atoms with E-state index >= 15 is 0 Å². The molecule has 1 N–H and O–H groups in total. The molecule has 5 rings (SSSR count). The van der Waals surface area contributed by atoms with E-state index in [0.29, 0.717) is 28.0 Å². The summed E-state index contributed by atoms with van der Waals surface area (Å²) in [5.74, 6) is 0.332. The molecule has 1 amide bonds. The van der Waals surface area contributed by atoms with Gasteiger partial charge in [-0.05, 0) is 48.4 Å². The van der Waals surface area contributed by atoms with Crippen molar-refractivity contribution >= 4 is 22.5 Å². The maximum atomic E-state index is 13.7. The van der Waals surface area contributed by atoms with Crippen LogP contribution >= 0.6 is 0 Å². The van der Waals surface area contributed by atoms with Gasteiger partial charge in [-0.3, -0.25) is 14.2 Å². The molecule has 0 bridgehead atoms. The molecule has 0 aliphatic carbocycles. The number of hydrogen-bond acceptors (Lipinski definition) is 3.